The first kappa shape index (κ1) is 20.4. The first-order valence-corrected chi connectivity index (χ1v) is 10.0. The second-order valence-corrected chi connectivity index (χ2v) is 7.54. The molecule has 4 rings (SSSR count). The fraction of sp³-hybridized carbons (Fsp3) is 0.261. The van der Waals surface area contributed by atoms with Crippen LogP contribution in [0.5, 0.6) is 0 Å². The number of anilines is 3. The highest BCUT2D eigenvalue weighted by atomic mass is 16.3. The van der Waals surface area contributed by atoms with Crippen LogP contribution in [0.1, 0.15) is 24.6 Å². The number of hydrogen-bond donors (Lipinski definition) is 2. The highest BCUT2D eigenvalue weighted by Crippen LogP contribution is 2.29. The summed E-state index contributed by atoms with van der Waals surface area (Å²) in [6.07, 6.45) is 3.95. The minimum absolute atomic E-state index is 0.0629. The van der Waals surface area contributed by atoms with E-state index in [0.29, 0.717) is 48.0 Å². The number of carbonyl (C=O) groups excluding carboxylic acids is 1. The van der Waals surface area contributed by atoms with Crippen molar-refractivity contribution in [2.45, 2.75) is 25.9 Å². The molecule has 1 fully saturated rings. The van der Waals surface area contributed by atoms with E-state index in [1.54, 1.807) is 24.5 Å². The van der Waals surface area contributed by atoms with Gasteiger partial charge in [-0.05, 0) is 43.7 Å². The molecule has 0 aliphatic carbocycles. The van der Waals surface area contributed by atoms with E-state index in [4.69, 9.17) is 0 Å². The smallest absolute Gasteiger partial charge is 0.227 e. The Morgan fingerprint density at radius 3 is 2.84 bits per heavy atom. The number of nitrogens with one attached hydrogen (secondary N) is 1. The molecule has 0 spiro atoms. The van der Waals surface area contributed by atoms with E-state index >= 15 is 0 Å². The van der Waals surface area contributed by atoms with Gasteiger partial charge in [-0.2, -0.15) is 5.26 Å². The van der Waals surface area contributed by atoms with Crippen LogP contribution in [-0.4, -0.2) is 45.0 Å². The lowest BCUT2D eigenvalue weighted by Crippen LogP contribution is -2.22. The Labute approximate surface area is 180 Å². The van der Waals surface area contributed by atoms with Gasteiger partial charge in [0, 0.05) is 37.0 Å². The minimum Gasteiger partial charge on any atom is -0.391 e. The molecule has 1 atom stereocenters. The lowest BCUT2D eigenvalue weighted by atomic mass is 10.1. The normalized spacial score (nSPS) is 15.5. The summed E-state index contributed by atoms with van der Waals surface area (Å²) in [5.74, 6) is 0.469. The van der Waals surface area contributed by atoms with Crippen molar-refractivity contribution < 1.29 is 9.90 Å². The highest BCUT2D eigenvalue weighted by Gasteiger charge is 2.22. The lowest BCUT2D eigenvalue weighted by molar-refractivity contribution is -0.116. The van der Waals surface area contributed by atoms with E-state index in [9.17, 15) is 15.2 Å². The summed E-state index contributed by atoms with van der Waals surface area (Å²) < 4.78 is 0. The summed E-state index contributed by atoms with van der Waals surface area (Å²) in [5, 5.41) is 22.5. The molecular weight excluding hydrogens is 392 g/mol. The monoisotopic (exact) mass is 414 g/mol. The summed E-state index contributed by atoms with van der Waals surface area (Å²) in [5.41, 5.74) is 4.29. The second kappa shape index (κ2) is 8.90. The predicted molar refractivity (Wildman–Crippen MR) is 117 cm³/mol. The van der Waals surface area contributed by atoms with Crippen molar-refractivity contribution >= 4 is 23.1 Å². The molecule has 0 radical (unpaired) electrons. The SMILES string of the molecule is CC(=O)Cc1ccc(Nc2nccc(-c3ccc(N4CC[C@H](O)C4)c(C#N)c3)n2)cn1. The molecular formula is C23H22N6O2. The largest absolute Gasteiger partial charge is 0.391 e. The molecule has 0 saturated carbocycles. The molecule has 1 aliphatic heterocycles. The zero-order valence-corrected chi connectivity index (χ0v) is 17.1. The molecule has 8 nitrogen and oxygen atoms in total. The molecule has 0 unspecified atom stereocenters. The van der Waals surface area contributed by atoms with Gasteiger partial charge in [-0.1, -0.05) is 6.07 Å². The predicted octanol–water partition coefficient (Wildman–Crippen LogP) is 2.86. The number of carbonyl (C=O) groups is 1. The molecule has 0 amide bonds. The molecule has 1 saturated heterocycles. The molecule has 3 heterocycles. The van der Waals surface area contributed by atoms with E-state index < -0.39 is 0 Å². The maximum Gasteiger partial charge on any atom is 0.227 e. The summed E-state index contributed by atoms with van der Waals surface area (Å²) in [4.78, 5) is 26.3. The number of aromatic nitrogens is 3. The van der Waals surface area contributed by atoms with Crippen LogP contribution in [0.3, 0.4) is 0 Å². The number of rotatable bonds is 6. The first-order chi connectivity index (χ1) is 15.0. The fourth-order valence-corrected chi connectivity index (χ4v) is 3.59. The van der Waals surface area contributed by atoms with Gasteiger partial charge in [-0.3, -0.25) is 9.78 Å². The van der Waals surface area contributed by atoms with Crippen molar-refractivity contribution in [2.75, 3.05) is 23.3 Å². The Kier molecular flexibility index (Phi) is 5.87. The van der Waals surface area contributed by atoms with Gasteiger partial charge in [0.05, 0.1) is 34.9 Å². The lowest BCUT2D eigenvalue weighted by Gasteiger charge is -2.19. The fourth-order valence-electron chi connectivity index (χ4n) is 3.59. The van der Waals surface area contributed by atoms with Crippen molar-refractivity contribution in [3.8, 4) is 17.3 Å². The summed E-state index contributed by atoms with van der Waals surface area (Å²) in [7, 11) is 0. The third-order valence-corrected chi connectivity index (χ3v) is 5.08. The van der Waals surface area contributed by atoms with Crippen LogP contribution >= 0.6 is 0 Å². The molecule has 0 bridgehead atoms. The molecule has 31 heavy (non-hydrogen) atoms. The molecule has 1 aromatic carbocycles. The molecule has 2 N–H and O–H groups in total. The molecule has 2 aromatic heterocycles. The summed E-state index contributed by atoms with van der Waals surface area (Å²) in [6.45, 7) is 2.80. The number of hydrogen-bond acceptors (Lipinski definition) is 8. The van der Waals surface area contributed by atoms with Crippen LogP contribution in [0.2, 0.25) is 0 Å². The van der Waals surface area contributed by atoms with Gasteiger partial charge < -0.3 is 15.3 Å². The maximum atomic E-state index is 11.2. The van der Waals surface area contributed by atoms with E-state index in [0.717, 1.165) is 17.8 Å². The van der Waals surface area contributed by atoms with Crippen molar-refractivity contribution in [3.63, 3.8) is 0 Å². The number of aliphatic hydroxyl groups is 1. The number of nitriles is 1. The number of Topliss-reactive ketones (excluding diaryl/α,β-unsaturated/α-hetero) is 1. The summed E-state index contributed by atoms with van der Waals surface area (Å²) >= 11 is 0. The van der Waals surface area contributed by atoms with Crippen molar-refractivity contribution in [1.29, 1.82) is 5.26 Å². The minimum atomic E-state index is -0.354. The quantitative estimate of drug-likeness (QED) is 0.633. The standard InChI is InChI=1S/C23H22N6O2/c1-15(30)10-18-3-4-19(13-26-18)27-23-25-8-6-21(28-23)16-2-5-22(17(11-16)12-24)29-9-7-20(31)14-29/h2-6,8,11,13,20,31H,7,9-10,14H2,1H3,(H,25,27,28)/t20-/m0/s1. The Morgan fingerprint density at radius 2 is 2.16 bits per heavy atom. The number of aliphatic hydroxyl groups excluding tert-OH is 1. The van der Waals surface area contributed by atoms with Crippen LogP contribution in [-0.2, 0) is 11.2 Å². The summed E-state index contributed by atoms with van der Waals surface area (Å²) in [6, 6.07) is 13.3. The van der Waals surface area contributed by atoms with Crippen LogP contribution < -0.4 is 10.2 Å². The first-order valence-electron chi connectivity index (χ1n) is 10.0. The van der Waals surface area contributed by atoms with Gasteiger partial charge >= 0.3 is 0 Å². The Balaban J connectivity index is 1.54. The van der Waals surface area contributed by atoms with Crippen LogP contribution in [0, 0.1) is 11.3 Å². The van der Waals surface area contributed by atoms with Gasteiger partial charge in [0.2, 0.25) is 5.95 Å². The average Bonchev–Trinajstić information content (AvgIpc) is 3.20. The maximum absolute atomic E-state index is 11.2. The molecule has 1 aliphatic rings. The van der Waals surface area contributed by atoms with Gasteiger partial charge in [0.15, 0.2) is 0 Å². The third kappa shape index (κ3) is 4.85. The van der Waals surface area contributed by atoms with Crippen LogP contribution in [0.25, 0.3) is 11.3 Å². The van der Waals surface area contributed by atoms with Crippen LogP contribution in [0.15, 0.2) is 48.8 Å². The van der Waals surface area contributed by atoms with E-state index in [2.05, 4.69) is 26.3 Å². The number of ketones is 1. The zero-order valence-electron chi connectivity index (χ0n) is 17.1. The van der Waals surface area contributed by atoms with Gasteiger partial charge in [-0.25, -0.2) is 9.97 Å². The third-order valence-electron chi connectivity index (χ3n) is 5.08. The molecule has 3 aromatic rings. The molecule has 8 heteroatoms. The van der Waals surface area contributed by atoms with Crippen molar-refractivity contribution in [2.24, 2.45) is 0 Å². The number of benzene rings is 1. The van der Waals surface area contributed by atoms with E-state index in [-0.39, 0.29) is 11.9 Å². The Morgan fingerprint density at radius 1 is 1.29 bits per heavy atom. The van der Waals surface area contributed by atoms with Gasteiger partial charge in [-0.15, -0.1) is 0 Å². The average molecular weight is 414 g/mol. The number of pyridine rings is 1. The second-order valence-electron chi connectivity index (χ2n) is 7.54. The number of nitrogens with zero attached hydrogens (tertiary/aromatic N) is 5. The van der Waals surface area contributed by atoms with E-state index in [1.807, 2.05) is 29.2 Å². The zero-order chi connectivity index (χ0) is 21.8. The van der Waals surface area contributed by atoms with Gasteiger partial charge in [0.1, 0.15) is 11.9 Å². The van der Waals surface area contributed by atoms with Gasteiger partial charge in [0.25, 0.3) is 0 Å². The molecule has 156 valence electrons. The Hall–Kier alpha value is -3.83. The topological polar surface area (TPSA) is 115 Å². The van der Waals surface area contributed by atoms with Crippen molar-refractivity contribution in [3.05, 3.63) is 60.0 Å². The van der Waals surface area contributed by atoms with Crippen molar-refractivity contribution in [1.82, 2.24) is 15.0 Å². The van der Waals surface area contributed by atoms with E-state index in [1.165, 1.54) is 6.92 Å². The highest BCUT2D eigenvalue weighted by molar-refractivity contribution is 5.77. The van der Waals surface area contributed by atoms with Crippen LogP contribution in [0.4, 0.5) is 17.3 Å². The Bertz CT molecular complexity index is 1140. The number of β-amino-alcohol motifs (C(OH)–C–C–N with tert-alkyl or cyclic N) is 1.